The molecule has 0 saturated carbocycles. The first-order valence-corrected chi connectivity index (χ1v) is 6.73. The summed E-state index contributed by atoms with van der Waals surface area (Å²) < 4.78 is 41.4. The van der Waals surface area contributed by atoms with E-state index in [2.05, 4.69) is 10.3 Å². The van der Waals surface area contributed by atoms with E-state index in [0.29, 0.717) is 6.54 Å². The van der Waals surface area contributed by atoms with Gasteiger partial charge in [0.2, 0.25) is 0 Å². The zero-order valence-corrected chi connectivity index (χ0v) is 11.7. The Morgan fingerprint density at radius 1 is 1.24 bits per heavy atom. The molecule has 0 amide bonds. The summed E-state index contributed by atoms with van der Waals surface area (Å²) in [6.45, 7) is 1.26. The van der Waals surface area contributed by atoms with Crippen molar-refractivity contribution in [3.05, 3.63) is 42.1 Å². The number of hydrogen-bond donors (Lipinski definition) is 1. The van der Waals surface area contributed by atoms with Gasteiger partial charge in [0.25, 0.3) is 0 Å². The zero-order chi connectivity index (χ0) is 15.3. The van der Waals surface area contributed by atoms with Gasteiger partial charge in [0.1, 0.15) is 6.61 Å². The molecule has 1 unspecified atom stereocenters. The molecule has 2 rings (SSSR count). The molecule has 3 nitrogen and oxygen atoms in total. The highest BCUT2D eigenvalue weighted by molar-refractivity contribution is 5.82. The number of aromatic nitrogens is 1. The monoisotopic (exact) mass is 298 g/mol. The van der Waals surface area contributed by atoms with E-state index >= 15 is 0 Å². The second-order valence-electron chi connectivity index (χ2n) is 4.66. The van der Waals surface area contributed by atoms with Crippen LogP contribution in [0.25, 0.3) is 10.9 Å². The predicted octanol–water partition coefficient (Wildman–Crippen LogP) is 3.46. The van der Waals surface area contributed by atoms with Crippen LogP contribution in [0, 0.1) is 0 Å². The summed E-state index contributed by atoms with van der Waals surface area (Å²) in [7, 11) is 0. The third-order valence-electron chi connectivity index (χ3n) is 3.06. The van der Waals surface area contributed by atoms with E-state index in [9.17, 15) is 13.2 Å². The Labute approximate surface area is 121 Å². The summed E-state index contributed by atoms with van der Waals surface area (Å²) in [5, 5.41) is 4.08. The van der Waals surface area contributed by atoms with Gasteiger partial charge in [-0.15, -0.1) is 0 Å². The Hall–Kier alpha value is -1.66. The van der Waals surface area contributed by atoms with Crippen LogP contribution >= 0.6 is 0 Å². The number of likely N-dealkylation sites (N-methyl/N-ethyl adjacent to an activating group) is 1. The molecule has 1 atom stereocenters. The van der Waals surface area contributed by atoms with Crippen molar-refractivity contribution in [2.75, 3.05) is 19.8 Å². The van der Waals surface area contributed by atoms with Gasteiger partial charge in [0.15, 0.2) is 0 Å². The number of benzene rings is 1. The Morgan fingerprint density at radius 2 is 2.05 bits per heavy atom. The second kappa shape index (κ2) is 6.87. The number of alkyl halides is 3. The van der Waals surface area contributed by atoms with Gasteiger partial charge in [-0.05, 0) is 24.2 Å². The van der Waals surface area contributed by atoms with Gasteiger partial charge in [-0.2, -0.15) is 13.2 Å². The van der Waals surface area contributed by atoms with E-state index < -0.39 is 12.8 Å². The van der Waals surface area contributed by atoms with Crippen LogP contribution in [-0.4, -0.2) is 30.9 Å². The molecule has 0 aliphatic heterocycles. The first-order chi connectivity index (χ1) is 10.0. The molecular weight excluding hydrogens is 281 g/mol. The van der Waals surface area contributed by atoms with Gasteiger partial charge in [0.05, 0.1) is 18.2 Å². The maximum Gasteiger partial charge on any atom is 0.411 e. The highest BCUT2D eigenvalue weighted by Crippen LogP contribution is 2.24. The highest BCUT2D eigenvalue weighted by Gasteiger charge is 2.28. The normalized spacial score (nSPS) is 13.5. The van der Waals surface area contributed by atoms with E-state index in [1.54, 1.807) is 6.20 Å². The molecule has 6 heteroatoms. The Balaban J connectivity index is 2.20. The number of nitrogens with zero attached hydrogens (tertiary/aromatic N) is 1. The second-order valence-corrected chi connectivity index (χ2v) is 4.66. The minimum Gasteiger partial charge on any atom is -0.370 e. The van der Waals surface area contributed by atoms with Gasteiger partial charge >= 0.3 is 6.18 Å². The Bertz CT molecular complexity index is 581. The maximum atomic E-state index is 12.2. The summed E-state index contributed by atoms with van der Waals surface area (Å²) in [6, 6.07) is 9.02. The summed E-state index contributed by atoms with van der Waals surface area (Å²) in [5.74, 6) is 0. The van der Waals surface area contributed by atoms with Crippen LogP contribution < -0.4 is 5.32 Å². The summed E-state index contributed by atoms with van der Waals surface area (Å²) in [5.41, 5.74) is 1.71. The van der Waals surface area contributed by atoms with E-state index in [1.807, 2.05) is 37.3 Å². The molecule has 2 aromatic rings. The van der Waals surface area contributed by atoms with Crippen molar-refractivity contribution in [3.8, 4) is 0 Å². The molecule has 0 aliphatic carbocycles. The zero-order valence-electron chi connectivity index (χ0n) is 11.7. The third-order valence-corrected chi connectivity index (χ3v) is 3.06. The molecular formula is C15H17F3N2O. The van der Waals surface area contributed by atoms with Crippen LogP contribution in [0.3, 0.4) is 0 Å². The van der Waals surface area contributed by atoms with Crippen molar-refractivity contribution >= 4 is 10.9 Å². The average Bonchev–Trinajstić information content (AvgIpc) is 2.44. The lowest BCUT2D eigenvalue weighted by atomic mass is 10.0. The molecule has 114 valence electrons. The standard InChI is InChI=1S/C15H17F3N2O/c1-2-19-14(9-21-10-15(16,17)18)12-5-3-7-13-11(12)6-4-8-20-13/h3-8,14,19H,2,9-10H2,1H3. The van der Waals surface area contributed by atoms with Gasteiger partial charge in [-0.1, -0.05) is 25.1 Å². The lowest BCUT2D eigenvalue weighted by Crippen LogP contribution is -2.28. The number of pyridine rings is 1. The molecule has 0 spiro atoms. The van der Waals surface area contributed by atoms with Gasteiger partial charge in [-0.25, -0.2) is 0 Å². The Morgan fingerprint density at radius 3 is 2.76 bits per heavy atom. The summed E-state index contributed by atoms with van der Waals surface area (Å²) in [4.78, 5) is 4.26. The van der Waals surface area contributed by atoms with Gasteiger partial charge < -0.3 is 10.1 Å². The molecule has 1 N–H and O–H groups in total. The number of rotatable bonds is 6. The van der Waals surface area contributed by atoms with E-state index in [4.69, 9.17) is 4.74 Å². The van der Waals surface area contributed by atoms with Crippen molar-refractivity contribution in [2.45, 2.75) is 19.1 Å². The molecule has 1 heterocycles. The fraction of sp³-hybridized carbons (Fsp3) is 0.400. The van der Waals surface area contributed by atoms with Crippen LogP contribution in [0.2, 0.25) is 0 Å². The largest absolute Gasteiger partial charge is 0.411 e. The van der Waals surface area contributed by atoms with E-state index in [1.165, 1.54) is 0 Å². The SMILES string of the molecule is CCNC(COCC(F)(F)F)c1cccc2ncccc12. The van der Waals surface area contributed by atoms with Crippen LogP contribution in [0.5, 0.6) is 0 Å². The van der Waals surface area contributed by atoms with Crippen LogP contribution in [0.1, 0.15) is 18.5 Å². The summed E-state index contributed by atoms with van der Waals surface area (Å²) >= 11 is 0. The van der Waals surface area contributed by atoms with Crippen molar-refractivity contribution in [2.24, 2.45) is 0 Å². The number of ether oxygens (including phenoxy) is 1. The van der Waals surface area contributed by atoms with Crippen molar-refractivity contribution < 1.29 is 17.9 Å². The fourth-order valence-electron chi connectivity index (χ4n) is 2.23. The molecule has 21 heavy (non-hydrogen) atoms. The lowest BCUT2D eigenvalue weighted by Gasteiger charge is -2.20. The molecule has 0 saturated heterocycles. The third kappa shape index (κ3) is 4.41. The molecule has 1 aromatic carbocycles. The first-order valence-electron chi connectivity index (χ1n) is 6.73. The van der Waals surface area contributed by atoms with Crippen LogP contribution in [0.15, 0.2) is 36.5 Å². The molecule has 0 radical (unpaired) electrons. The minimum atomic E-state index is -4.31. The quantitative estimate of drug-likeness (QED) is 0.886. The number of fused-ring (bicyclic) bond motifs is 1. The van der Waals surface area contributed by atoms with Gasteiger partial charge in [0, 0.05) is 11.6 Å². The minimum absolute atomic E-state index is 0.0403. The molecule has 0 bridgehead atoms. The molecule has 0 aliphatic rings. The van der Waals surface area contributed by atoms with E-state index in [0.717, 1.165) is 16.5 Å². The fourth-order valence-corrected chi connectivity index (χ4v) is 2.23. The molecule has 0 fully saturated rings. The molecule has 1 aromatic heterocycles. The number of halogens is 3. The lowest BCUT2D eigenvalue weighted by molar-refractivity contribution is -0.175. The topological polar surface area (TPSA) is 34.1 Å². The maximum absolute atomic E-state index is 12.2. The van der Waals surface area contributed by atoms with Crippen LogP contribution in [-0.2, 0) is 4.74 Å². The number of nitrogens with one attached hydrogen (secondary N) is 1. The highest BCUT2D eigenvalue weighted by atomic mass is 19.4. The van der Waals surface area contributed by atoms with Crippen LogP contribution in [0.4, 0.5) is 13.2 Å². The first kappa shape index (κ1) is 15.7. The predicted molar refractivity (Wildman–Crippen MR) is 75.0 cm³/mol. The van der Waals surface area contributed by atoms with Crippen molar-refractivity contribution in [1.29, 1.82) is 0 Å². The van der Waals surface area contributed by atoms with Crippen molar-refractivity contribution in [3.63, 3.8) is 0 Å². The number of hydrogen-bond acceptors (Lipinski definition) is 3. The summed E-state index contributed by atoms with van der Waals surface area (Å²) in [6.07, 6.45) is -2.62. The van der Waals surface area contributed by atoms with E-state index in [-0.39, 0.29) is 12.6 Å². The van der Waals surface area contributed by atoms with Gasteiger partial charge in [-0.3, -0.25) is 4.98 Å². The average molecular weight is 298 g/mol. The Kier molecular flexibility index (Phi) is 5.14. The van der Waals surface area contributed by atoms with Crippen molar-refractivity contribution in [1.82, 2.24) is 10.3 Å². The smallest absolute Gasteiger partial charge is 0.370 e.